The molecule has 0 fully saturated rings. The lowest BCUT2D eigenvalue weighted by atomic mass is 10.1. The van der Waals surface area contributed by atoms with Crippen molar-refractivity contribution in [2.24, 2.45) is 0 Å². The molecule has 4 rings (SSSR count). The molecule has 0 radical (unpaired) electrons. The Morgan fingerprint density at radius 2 is 1.08 bits per heavy atom. The van der Waals surface area contributed by atoms with Gasteiger partial charge in [0.2, 0.25) is 0 Å². The van der Waals surface area contributed by atoms with Crippen LogP contribution in [0.4, 0.5) is 11.4 Å². The molecule has 0 spiro atoms. The highest BCUT2D eigenvalue weighted by atomic mass is 16.6. The van der Waals surface area contributed by atoms with Gasteiger partial charge in [-0.2, -0.15) is 0 Å². The largest absolute Gasteiger partial charge is 0.306 e. The van der Waals surface area contributed by atoms with E-state index in [1.807, 2.05) is 4.90 Å². The number of nitro groups is 2. The molecule has 186 valence electrons. The number of nitrogens with zero attached hydrogens (tertiary/aromatic N) is 5. The van der Waals surface area contributed by atoms with Gasteiger partial charge in [0.25, 0.3) is 35.0 Å². The number of rotatable bonds is 10. The zero-order valence-corrected chi connectivity index (χ0v) is 19.2. The van der Waals surface area contributed by atoms with Gasteiger partial charge < -0.3 is 4.90 Å². The quantitative estimate of drug-likeness (QED) is 0.273. The minimum atomic E-state index is -0.690. The van der Waals surface area contributed by atoms with E-state index in [0.717, 1.165) is 9.80 Å². The summed E-state index contributed by atoms with van der Waals surface area (Å²) in [6.45, 7) is 1.11. The summed E-state index contributed by atoms with van der Waals surface area (Å²) < 4.78 is 0. The maximum atomic E-state index is 12.6. The fourth-order valence-electron chi connectivity index (χ4n) is 4.45. The Balaban J connectivity index is 1.27. The zero-order valence-electron chi connectivity index (χ0n) is 19.2. The lowest BCUT2D eigenvalue weighted by molar-refractivity contribution is -0.385. The SMILES string of the molecule is CN(CCCN1C(=O)c2cccc([N+](=O)[O-])c2C1=O)CCCN1C(=O)c2cccc([N+](=O)[O-])c2C1=O. The van der Waals surface area contributed by atoms with Gasteiger partial charge in [0, 0.05) is 25.2 Å². The van der Waals surface area contributed by atoms with Crippen LogP contribution in [-0.2, 0) is 0 Å². The first-order valence-electron chi connectivity index (χ1n) is 11.1. The van der Waals surface area contributed by atoms with Gasteiger partial charge in [0.15, 0.2) is 0 Å². The topological polar surface area (TPSA) is 164 Å². The van der Waals surface area contributed by atoms with Crippen LogP contribution in [0.1, 0.15) is 54.3 Å². The monoisotopic (exact) mass is 495 g/mol. The van der Waals surface area contributed by atoms with E-state index in [-0.39, 0.29) is 35.3 Å². The molecule has 2 aromatic rings. The fourth-order valence-corrected chi connectivity index (χ4v) is 4.45. The Bertz CT molecular complexity index is 1220. The molecule has 0 unspecified atom stereocenters. The average Bonchev–Trinajstić information content (AvgIpc) is 3.24. The molecule has 36 heavy (non-hydrogen) atoms. The molecule has 13 heteroatoms. The van der Waals surface area contributed by atoms with Gasteiger partial charge in [-0.25, -0.2) is 0 Å². The molecule has 0 aromatic heterocycles. The van der Waals surface area contributed by atoms with E-state index in [0.29, 0.717) is 25.9 Å². The first kappa shape index (κ1) is 24.6. The van der Waals surface area contributed by atoms with E-state index >= 15 is 0 Å². The van der Waals surface area contributed by atoms with Crippen LogP contribution < -0.4 is 0 Å². The van der Waals surface area contributed by atoms with E-state index in [1.165, 1.54) is 36.4 Å². The number of carbonyl (C=O) groups is 4. The molecule has 0 bridgehead atoms. The summed E-state index contributed by atoms with van der Waals surface area (Å²) in [6, 6.07) is 7.89. The average molecular weight is 495 g/mol. The summed E-state index contributed by atoms with van der Waals surface area (Å²) in [5.74, 6) is -2.52. The molecule has 13 nitrogen and oxygen atoms in total. The molecule has 2 heterocycles. The van der Waals surface area contributed by atoms with Crippen LogP contribution in [0.25, 0.3) is 0 Å². The van der Waals surface area contributed by atoms with Gasteiger partial charge in [0.05, 0.1) is 21.0 Å². The van der Waals surface area contributed by atoms with Crippen molar-refractivity contribution in [3.63, 3.8) is 0 Å². The van der Waals surface area contributed by atoms with Crippen molar-refractivity contribution in [3.8, 4) is 0 Å². The van der Waals surface area contributed by atoms with Gasteiger partial charge in [-0.3, -0.25) is 49.2 Å². The molecule has 2 aliphatic rings. The predicted molar refractivity (Wildman–Crippen MR) is 124 cm³/mol. The molecule has 2 aliphatic heterocycles. The Hall–Kier alpha value is -4.52. The minimum absolute atomic E-state index is 0.0173. The third-order valence-corrected chi connectivity index (χ3v) is 6.19. The van der Waals surface area contributed by atoms with Crippen LogP contribution in [0.2, 0.25) is 0 Å². The van der Waals surface area contributed by atoms with Crippen molar-refractivity contribution in [3.05, 3.63) is 78.9 Å². The Morgan fingerprint density at radius 3 is 1.44 bits per heavy atom. The van der Waals surface area contributed by atoms with E-state index in [9.17, 15) is 39.4 Å². The molecule has 4 amide bonds. The van der Waals surface area contributed by atoms with E-state index in [4.69, 9.17) is 0 Å². The summed E-state index contributed by atoms with van der Waals surface area (Å²) in [6.07, 6.45) is 0.823. The molecule has 0 atom stereocenters. The highest BCUT2D eigenvalue weighted by molar-refractivity contribution is 6.23. The molecule has 0 aliphatic carbocycles. The molecular weight excluding hydrogens is 474 g/mol. The number of nitro benzene ring substituents is 2. The lowest BCUT2D eigenvalue weighted by Crippen LogP contribution is -2.35. The van der Waals surface area contributed by atoms with Gasteiger partial charge in [0.1, 0.15) is 11.1 Å². The summed E-state index contributed by atoms with van der Waals surface area (Å²) in [7, 11) is 1.79. The normalized spacial score (nSPS) is 14.6. The number of carbonyl (C=O) groups excluding carboxylic acids is 4. The molecule has 0 saturated carbocycles. The molecule has 2 aromatic carbocycles. The van der Waals surface area contributed by atoms with Crippen molar-refractivity contribution in [2.45, 2.75) is 12.8 Å². The number of hydrogen-bond acceptors (Lipinski definition) is 9. The van der Waals surface area contributed by atoms with Crippen LogP contribution in [0.3, 0.4) is 0 Å². The van der Waals surface area contributed by atoms with Crippen molar-refractivity contribution in [1.82, 2.24) is 14.7 Å². The molecule has 0 saturated heterocycles. The predicted octanol–water partition coefficient (Wildman–Crippen LogP) is 2.11. The van der Waals surface area contributed by atoms with Crippen LogP contribution in [0.15, 0.2) is 36.4 Å². The Morgan fingerprint density at radius 1 is 0.694 bits per heavy atom. The van der Waals surface area contributed by atoms with Crippen molar-refractivity contribution < 1.29 is 29.0 Å². The first-order chi connectivity index (χ1) is 17.1. The Labute approximate surface area is 204 Å². The van der Waals surface area contributed by atoms with Gasteiger partial charge in [-0.15, -0.1) is 0 Å². The van der Waals surface area contributed by atoms with Crippen molar-refractivity contribution in [2.75, 3.05) is 33.2 Å². The van der Waals surface area contributed by atoms with Crippen molar-refractivity contribution in [1.29, 1.82) is 0 Å². The van der Waals surface area contributed by atoms with Gasteiger partial charge >= 0.3 is 0 Å². The highest BCUT2D eigenvalue weighted by Gasteiger charge is 2.41. The van der Waals surface area contributed by atoms with Crippen LogP contribution in [-0.4, -0.2) is 81.4 Å². The van der Waals surface area contributed by atoms with Crippen LogP contribution in [0, 0.1) is 20.2 Å². The first-order valence-corrected chi connectivity index (χ1v) is 11.1. The number of benzene rings is 2. The van der Waals surface area contributed by atoms with Crippen LogP contribution in [0.5, 0.6) is 0 Å². The summed E-state index contributed by atoms with van der Waals surface area (Å²) in [5.41, 5.74) is -1.15. The van der Waals surface area contributed by atoms with Gasteiger partial charge in [-0.1, -0.05) is 12.1 Å². The maximum absolute atomic E-state index is 12.6. The van der Waals surface area contributed by atoms with Crippen LogP contribution >= 0.6 is 0 Å². The number of amides is 4. The zero-order chi connectivity index (χ0) is 26.1. The third-order valence-electron chi connectivity index (χ3n) is 6.19. The molecule has 0 N–H and O–H groups in total. The second kappa shape index (κ2) is 9.62. The standard InChI is InChI=1S/C23H21N5O8/c1-24(10-4-12-25-20(29)14-6-2-8-16(27(33)34)18(14)22(25)31)11-5-13-26-21(30)15-7-3-9-17(28(35)36)19(15)23(26)32/h2-3,6-9H,4-5,10-13H2,1H3. The number of fused-ring (bicyclic) bond motifs is 2. The van der Waals surface area contributed by atoms with E-state index < -0.39 is 44.9 Å². The lowest BCUT2D eigenvalue weighted by Gasteiger charge is -2.20. The summed E-state index contributed by atoms with van der Waals surface area (Å²) in [5, 5.41) is 22.4. The summed E-state index contributed by atoms with van der Waals surface area (Å²) >= 11 is 0. The second-order valence-electron chi connectivity index (χ2n) is 8.45. The maximum Gasteiger partial charge on any atom is 0.282 e. The van der Waals surface area contributed by atoms with E-state index in [2.05, 4.69) is 0 Å². The smallest absolute Gasteiger partial charge is 0.282 e. The second-order valence-corrected chi connectivity index (χ2v) is 8.45. The number of imide groups is 2. The van der Waals surface area contributed by atoms with E-state index in [1.54, 1.807) is 7.05 Å². The van der Waals surface area contributed by atoms with Crippen molar-refractivity contribution >= 4 is 35.0 Å². The highest BCUT2D eigenvalue weighted by Crippen LogP contribution is 2.32. The Kier molecular flexibility index (Phi) is 6.57. The third kappa shape index (κ3) is 4.20. The number of hydrogen-bond donors (Lipinski definition) is 0. The fraction of sp³-hybridized carbons (Fsp3) is 0.304. The minimum Gasteiger partial charge on any atom is -0.306 e. The molecular formula is C23H21N5O8. The van der Waals surface area contributed by atoms with Gasteiger partial charge in [-0.05, 0) is 45.1 Å². The summed E-state index contributed by atoms with van der Waals surface area (Å²) in [4.78, 5) is 75.3.